The summed E-state index contributed by atoms with van der Waals surface area (Å²) in [6.07, 6.45) is 3.79. The summed E-state index contributed by atoms with van der Waals surface area (Å²) in [7, 11) is -4.94. The van der Waals surface area contributed by atoms with E-state index in [-0.39, 0.29) is 0 Å². The van der Waals surface area contributed by atoms with Crippen molar-refractivity contribution in [2.24, 2.45) is 0 Å². The molecule has 9 heteroatoms. The normalized spacial score (nSPS) is 11.1. The Balaban J connectivity index is 0.000000349. The summed E-state index contributed by atoms with van der Waals surface area (Å²) in [5, 5.41) is 4.75. The summed E-state index contributed by atoms with van der Waals surface area (Å²) in [6, 6.07) is 22.0. The molecule has 0 saturated heterocycles. The zero-order valence-corrected chi connectivity index (χ0v) is 14.1. The van der Waals surface area contributed by atoms with Crippen LogP contribution in [-0.2, 0) is 0 Å². The zero-order valence-electron chi connectivity index (χ0n) is 13.3. The minimum Gasteiger partial charge on any atom is -0.222 e. The van der Waals surface area contributed by atoms with Gasteiger partial charge >= 0.3 is 5.82 Å². The molecule has 0 aliphatic heterocycles. The van der Waals surface area contributed by atoms with Crippen LogP contribution in [0, 0.1) is 10.2 Å². The summed E-state index contributed by atoms with van der Waals surface area (Å²) in [4.78, 5) is 4.39. The summed E-state index contributed by atoms with van der Waals surface area (Å²) in [6.45, 7) is 0. The number of nitrogens with zero attached hydrogens (tertiary/aromatic N) is 4. The van der Waals surface area contributed by atoms with Crippen molar-refractivity contribution in [2.75, 3.05) is 0 Å². The Morgan fingerprint density at radius 2 is 1.46 bits per heavy atom. The molecule has 0 spiro atoms. The Labute approximate surface area is 150 Å². The number of rotatable bonds is 2. The maximum absolute atomic E-state index is 8.49. The Bertz CT molecular complexity index is 909. The minimum absolute atomic E-state index is 0.809. The van der Waals surface area contributed by atoms with Gasteiger partial charge in [0.2, 0.25) is 5.82 Å². The van der Waals surface area contributed by atoms with Crippen LogP contribution in [0.5, 0.6) is 0 Å². The molecule has 132 valence electrons. The molecule has 4 rings (SSSR count). The van der Waals surface area contributed by atoms with Crippen molar-refractivity contribution in [3.8, 4) is 17.2 Å². The number of fused-ring (bicyclic) bond motifs is 1. The first kappa shape index (κ1) is 17.9. The average Bonchev–Trinajstić information content (AvgIpc) is 3.02. The van der Waals surface area contributed by atoms with Gasteiger partial charge in [0.05, 0.1) is 16.9 Å². The van der Waals surface area contributed by atoms with Gasteiger partial charge in [0.1, 0.15) is 0 Å². The first-order valence-corrected chi connectivity index (χ1v) is 8.65. The molecule has 0 aliphatic rings. The van der Waals surface area contributed by atoms with Gasteiger partial charge in [-0.1, -0.05) is 35.0 Å². The Kier molecular flexibility index (Phi) is 5.21. The van der Waals surface area contributed by atoms with Gasteiger partial charge in [0, 0.05) is 18.3 Å². The van der Waals surface area contributed by atoms with Crippen LogP contribution in [0.4, 0.5) is 0 Å². The van der Waals surface area contributed by atoms with Gasteiger partial charge < -0.3 is 0 Å². The quantitative estimate of drug-likeness (QED) is 0.371. The molecule has 0 amide bonds. The topological polar surface area (TPSA) is 127 Å². The average molecular weight is 373 g/mol. The van der Waals surface area contributed by atoms with E-state index in [1.165, 1.54) is 0 Å². The van der Waals surface area contributed by atoms with Crippen molar-refractivity contribution in [1.82, 2.24) is 14.8 Å². The van der Waals surface area contributed by atoms with Gasteiger partial charge in [-0.25, -0.2) is 23.6 Å². The van der Waals surface area contributed by atoms with E-state index in [9.17, 15) is 0 Å². The van der Waals surface area contributed by atoms with Crippen LogP contribution in [0.15, 0.2) is 79.1 Å². The minimum atomic E-state index is -4.94. The molecule has 0 saturated carbocycles. The molecule has 0 N–H and O–H groups in total. The van der Waals surface area contributed by atoms with Crippen LogP contribution in [0.1, 0.15) is 0 Å². The fraction of sp³-hybridized carbons (Fsp3) is 0. The highest BCUT2D eigenvalue weighted by atomic mass is 35.7. The molecular weight excluding hydrogens is 360 g/mol. The summed E-state index contributed by atoms with van der Waals surface area (Å²) < 4.78 is 37.9. The van der Waals surface area contributed by atoms with Crippen molar-refractivity contribution in [3.05, 3.63) is 79.1 Å². The lowest BCUT2D eigenvalue weighted by molar-refractivity contribution is -2.00. The van der Waals surface area contributed by atoms with Crippen molar-refractivity contribution < 1.29 is 33.3 Å². The third-order valence-electron chi connectivity index (χ3n) is 3.38. The smallest absolute Gasteiger partial charge is 0.222 e. The number of halogens is 1. The van der Waals surface area contributed by atoms with Crippen LogP contribution in [0.3, 0.4) is 0 Å². The van der Waals surface area contributed by atoms with E-state index in [1.54, 1.807) is 6.20 Å². The standard InChI is InChI=1S/C17H13N4.ClHO4/c1-2-8-14(9-3-1)17-19-21(15-10-4-6-12-18-15)16-11-5-7-13-20(16)17;2-1(3,4)5/h1-13H;(H,2,3,4,5)/q+1;/p-1. The molecular formula is C17H13ClN4O4. The third-order valence-corrected chi connectivity index (χ3v) is 3.38. The van der Waals surface area contributed by atoms with E-state index in [4.69, 9.17) is 23.7 Å². The van der Waals surface area contributed by atoms with E-state index < -0.39 is 10.2 Å². The van der Waals surface area contributed by atoms with Crippen molar-refractivity contribution >= 4 is 5.65 Å². The number of pyridine rings is 2. The predicted molar refractivity (Wildman–Crippen MR) is 80.0 cm³/mol. The summed E-state index contributed by atoms with van der Waals surface area (Å²) >= 11 is 0. The molecule has 3 heterocycles. The van der Waals surface area contributed by atoms with Crippen molar-refractivity contribution in [2.45, 2.75) is 0 Å². The zero-order chi connectivity index (χ0) is 18.6. The third kappa shape index (κ3) is 4.39. The molecule has 26 heavy (non-hydrogen) atoms. The fourth-order valence-electron chi connectivity index (χ4n) is 2.41. The van der Waals surface area contributed by atoms with Gasteiger partial charge in [-0.3, -0.25) is 0 Å². The van der Waals surface area contributed by atoms with E-state index in [2.05, 4.69) is 21.5 Å². The Morgan fingerprint density at radius 3 is 2.12 bits per heavy atom. The first-order chi connectivity index (χ1) is 12.4. The summed E-state index contributed by atoms with van der Waals surface area (Å²) in [5.74, 6) is 1.71. The molecule has 3 aromatic heterocycles. The Morgan fingerprint density at radius 1 is 0.808 bits per heavy atom. The molecule has 4 aromatic rings. The monoisotopic (exact) mass is 372 g/mol. The maximum Gasteiger partial charge on any atom is 0.314 e. The van der Waals surface area contributed by atoms with E-state index in [1.807, 2.05) is 65.5 Å². The van der Waals surface area contributed by atoms with E-state index >= 15 is 0 Å². The number of hydrogen-bond acceptors (Lipinski definition) is 6. The second kappa shape index (κ2) is 7.56. The fourth-order valence-corrected chi connectivity index (χ4v) is 2.41. The molecule has 0 aliphatic carbocycles. The highest BCUT2D eigenvalue weighted by Crippen LogP contribution is 2.16. The number of aromatic nitrogens is 4. The second-order valence-electron chi connectivity index (χ2n) is 5.10. The molecule has 0 fully saturated rings. The largest absolute Gasteiger partial charge is 0.314 e. The van der Waals surface area contributed by atoms with Gasteiger partial charge in [-0.2, -0.15) is 4.40 Å². The maximum atomic E-state index is 8.49. The molecule has 1 aromatic carbocycles. The number of hydrogen-bond donors (Lipinski definition) is 0. The SMILES string of the molecule is [O-][Cl+3]([O-])([O-])[O-].c1ccc(-c2nn(-c3ccccn3)c3cccc[n+]23)cc1. The van der Waals surface area contributed by atoms with Crippen LogP contribution in [0.25, 0.3) is 22.9 Å². The van der Waals surface area contributed by atoms with Gasteiger partial charge in [-0.05, 0) is 24.3 Å². The van der Waals surface area contributed by atoms with Gasteiger partial charge in [0.25, 0.3) is 5.65 Å². The van der Waals surface area contributed by atoms with Crippen LogP contribution in [0.2, 0.25) is 0 Å². The highest BCUT2D eigenvalue weighted by Gasteiger charge is 2.22. The summed E-state index contributed by atoms with van der Waals surface area (Å²) in [5.41, 5.74) is 2.06. The molecule has 8 nitrogen and oxygen atoms in total. The lowest BCUT2D eigenvalue weighted by atomic mass is 10.2. The van der Waals surface area contributed by atoms with E-state index in [0.717, 1.165) is 22.9 Å². The van der Waals surface area contributed by atoms with Crippen LogP contribution >= 0.6 is 0 Å². The van der Waals surface area contributed by atoms with Gasteiger partial charge in [-0.15, -0.1) is 10.2 Å². The highest BCUT2D eigenvalue weighted by molar-refractivity contribution is 5.54. The molecule has 0 unspecified atom stereocenters. The lowest BCUT2D eigenvalue weighted by Gasteiger charge is -2.17. The van der Waals surface area contributed by atoms with Gasteiger partial charge in [0.15, 0.2) is 0 Å². The Hall–Kier alpha value is -2.88. The first-order valence-electron chi connectivity index (χ1n) is 7.41. The van der Waals surface area contributed by atoms with E-state index in [0.29, 0.717) is 0 Å². The predicted octanol–water partition coefficient (Wildman–Crippen LogP) is -2.08. The van der Waals surface area contributed by atoms with Crippen molar-refractivity contribution in [3.63, 3.8) is 0 Å². The van der Waals surface area contributed by atoms with Crippen LogP contribution < -0.4 is 23.0 Å². The van der Waals surface area contributed by atoms with Crippen LogP contribution in [-0.4, -0.2) is 14.8 Å². The number of benzene rings is 1. The molecule has 0 atom stereocenters. The van der Waals surface area contributed by atoms with Crippen molar-refractivity contribution in [1.29, 1.82) is 0 Å². The second-order valence-corrected chi connectivity index (χ2v) is 5.85. The molecule has 0 bridgehead atoms. The molecule has 0 radical (unpaired) electrons. The lowest BCUT2D eigenvalue weighted by Crippen LogP contribution is -2.68.